The first-order valence-electron chi connectivity index (χ1n) is 23.3. The van der Waals surface area contributed by atoms with Gasteiger partial charge in [-0.25, -0.2) is 14.0 Å². The predicted molar refractivity (Wildman–Crippen MR) is 284 cm³/mol. The molecule has 3 rings (SSSR count). The molecule has 0 saturated carbocycles. The number of nitrogens with one attached hydrogen (secondary N) is 5. The van der Waals surface area contributed by atoms with Crippen molar-refractivity contribution in [1.29, 1.82) is 0 Å². The van der Waals surface area contributed by atoms with Crippen molar-refractivity contribution in [2.45, 2.75) is 140 Å². The number of halogens is 3. The van der Waals surface area contributed by atoms with Crippen molar-refractivity contribution in [3.8, 4) is 0 Å². The molecule has 0 fully saturated rings. The lowest BCUT2D eigenvalue weighted by molar-refractivity contribution is -0.139. The molecule has 18 heteroatoms. The number of urea groups is 2. The Bertz CT molecular complexity index is 2220. The molecular formula is C53H74Br2FN5O10. The van der Waals surface area contributed by atoms with E-state index in [0.717, 1.165) is 22.0 Å². The summed E-state index contributed by atoms with van der Waals surface area (Å²) in [6, 6.07) is 16.8. The second-order valence-electron chi connectivity index (χ2n) is 18.0. The van der Waals surface area contributed by atoms with Gasteiger partial charge < -0.3 is 41.3 Å². The maximum Gasteiger partial charge on any atom is 0.322 e. The number of hydrogen-bond donors (Lipinski definition) is 6. The molecule has 6 N–H and O–H groups in total. The van der Waals surface area contributed by atoms with Crippen LogP contribution >= 0.6 is 31.9 Å². The summed E-state index contributed by atoms with van der Waals surface area (Å²) < 4.78 is 15.2. The molecule has 0 unspecified atom stereocenters. The summed E-state index contributed by atoms with van der Waals surface area (Å²) in [5, 5.41) is 21.4. The monoisotopic (exact) mass is 1120 g/mol. The standard InChI is InChI=1S/C18H25NO4.C17H22BrFN2O3.C17H23BrN2O3.CH4/c1-4-13(3)16(18(23)19-11-17(21)22)10-15(20)9-14-7-5-12(2)6-8-14;1-10(2)8-15(16(23)7-4-11(3)22)21-17(24)20-14-6-5-12(18)9-13(14)19;1-11(2)10-15(16(22)9-4-12(3)21)20-17(23)19-14-7-5-13(18)6-8-14;/h5-8,13,16H,4,9-11H2,1-3H3,(H,19,23)(H,21,22);5-6,9-10,15H,4,7-8H2,1-3H3,(H2,20,21,24);5-8,11,15H,4,9-10H2,1-3H3,(H2,19,20,23);1H4/t13-,16-;2*15-;/m000./s1. The van der Waals surface area contributed by atoms with E-state index in [-0.39, 0.29) is 97.8 Å². The Morgan fingerprint density at radius 1 is 0.662 bits per heavy atom. The Kier molecular flexibility index (Phi) is 31.9. The number of benzene rings is 3. The van der Waals surface area contributed by atoms with Crippen molar-refractivity contribution in [2.75, 3.05) is 17.2 Å². The number of hydrogen-bond acceptors (Lipinski definition) is 9. The van der Waals surface area contributed by atoms with E-state index >= 15 is 0 Å². The van der Waals surface area contributed by atoms with E-state index < -0.39 is 48.4 Å². The maximum absolute atomic E-state index is 13.7. The van der Waals surface area contributed by atoms with Crippen LogP contribution in [-0.4, -0.2) is 76.6 Å². The van der Waals surface area contributed by atoms with Crippen LogP contribution in [0, 0.1) is 36.4 Å². The van der Waals surface area contributed by atoms with Crippen LogP contribution in [-0.2, 0) is 40.0 Å². The number of carbonyl (C=O) groups is 9. The van der Waals surface area contributed by atoms with E-state index in [1.54, 1.807) is 18.2 Å². The normalized spacial score (nSPS) is 12.1. The van der Waals surface area contributed by atoms with Gasteiger partial charge in [-0.15, -0.1) is 0 Å². The van der Waals surface area contributed by atoms with Crippen LogP contribution < -0.4 is 26.6 Å². The topological polar surface area (TPSA) is 234 Å². The second-order valence-corrected chi connectivity index (χ2v) is 19.9. The summed E-state index contributed by atoms with van der Waals surface area (Å²) in [6.07, 6.45) is 2.78. The van der Waals surface area contributed by atoms with Crippen LogP contribution in [0.25, 0.3) is 0 Å². The fourth-order valence-corrected chi connectivity index (χ4v) is 7.18. The van der Waals surface area contributed by atoms with Crippen LogP contribution in [0.3, 0.4) is 0 Å². The van der Waals surface area contributed by atoms with E-state index in [1.165, 1.54) is 26.0 Å². The van der Waals surface area contributed by atoms with Crippen LogP contribution in [0.2, 0.25) is 0 Å². The molecule has 0 bridgehead atoms. The summed E-state index contributed by atoms with van der Waals surface area (Å²) in [5.41, 5.74) is 2.72. The zero-order valence-electron chi connectivity index (χ0n) is 41.6. The highest BCUT2D eigenvalue weighted by atomic mass is 79.9. The Hall–Kier alpha value is -5.62. The number of amides is 5. The summed E-state index contributed by atoms with van der Waals surface area (Å²) in [5.74, 6) is -2.49. The predicted octanol–water partition coefficient (Wildman–Crippen LogP) is 11.0. The number of rotatable bonds is 25. The van der Waals surface area contributed by atoms with Crippen LogP contribution in [0.15, 0.2) is 75.7 Å². The van der Waals surface area contributed by atoms with E-state index in [0.29, 0.717) is 29.4 Å². The minimum Gasteiger partial charge on any atom is -0.480 e. The molecule has 4 atom stereocenters. The van der Waals surface area contributed by atoms with Crippen molar-refractivity contribution < 1.29 is 52.6 Å². The fourth-order valence-electron chi connectivity index (χ4n) is 6.58. The third kappa shape index (κ3) is 29.4. The SMILES string of the molecule is C.CC(=O)CCC(=O)[C@H](CC(C)C)NC(=O)Nc1ccc(Br)cc1.CC(=O)CCC(=O)[C@H](CC(C)C)NC(=O)Nc1ccc(Br)cc1F.CC[C@H](C)[C@H](CC(=O)Cc1ccc(C)cc1)C(=O)NCC(=O)O. The zero-order valence-corrected chi connectivity index (χ0v) is 44.8. The molecule has 392 valence electrons. The van der Waals surface area contributed by atoms with E-state index in [9.17, 15) is 47.5 Å². The first kappa shape index (κ1) is 65.4. The molecule has 0 saturated heterocycles. The highest BCUT2D eigenvalue weighted by Crippen LogP contribution is 2.22. The number of aliphatic carboxylic acids is 1. The first-order chi connectivity index (χ1) is 32.8. The number of aryl methyl sites for hydroxylation is 1. The van der Waals surface area contributed by atoms with Crippen molar-refractivity contribution in [3.05, 3.63) is 92.6 Å². The molecule has 0 aliphatic carbocycles. The molecule has 0 radical (unpaired) electrons. The quantitative estimate of drug-likeness (QED) is 0.0470. The van der Waals surface area contributed by atoms with Gasteiger partial charge in [0.15, 0.2) is 11.6 Å². The molecule has 0 aliphatic heterocycles. The van der Waals surface area contributed by atoms with Crippen LogP contribution in [0.5, 0.6) is 0 Å². The zero-order chi connectivity index (χ0) is 53.1. The van der Waals surface area contributed by atoms with Gasteiger partial charge >= 0.3 is 18.0 Å². The highest BCUT2D eigenvalue weighted by Gasteiger charge is 2.27. The van der Waals surface area contributed by atoms with Gasteiger partial charge in [-0.1, -0.05) is 117 Å². The molecule has 0 spiro atoms. The van der Waals surface area contributed by atoms with E-state index in [2.05, 4.69) is 58.4 Å². The van der Waals surface area contributed by atoms with Gasteiger partial charge in [-0.2, -0.15) is 0 Å². The molecular weight excluding hydrogens is 1050 g/mol. The molecule has 5 amide bonds. The van der Waals surface area contributed by atoms with Crippen molar-refractivity contribution in [2.24, 2.45) is 23.7 Å². The van der Waals surface area contributed by atoms with Gasteiger partial charge in [0.2, 0.25) is 5.91 Å². The minimum atomic E-state index is -1.09. The third-order valence-corrected chi connectivity index (χ3v) is 11.6. The Morgan fingerprint density at radius 2 is 1.14 bits per heavy atom. The first-order valence-corrected chi connectivity index (χ1v) is 24.8. The van der Waals surface area contributed by atoms with Crippen molar-refractivity contribution in [3.63, 3.8) is 0 Å². The third-order valence-electron chi connectivity index (χ3n) is 10.6. The lowest BCUT2D eigenvalue weighted by Crippen LogP contribution is -2.44. The number of ketones is 5. The maximum atomic E-state index is 13.7. The lowest BCUT2D eigenvalue weighted by Gasteiger charge is -2.21. The van der Waals surface area contributed by atoms with Gasteiger partial charge in [0, 0.05) is 59.1 Å². The average molecular weight is 1120 g/mol. The number of carboxylic acid groups (broad SMARTS) is 1. The highest BCUT2D eigenvalue weighted by molar-refractivity contribution is 9.10. The van der Waals surface area contributed by atoms with Crippen LogP contribution in [0.1, 0.15) is 125 Å². The Labute approximate surface area is 435 Å². The summed E-state index contributed by atoms with van der Waals surface area (Å²) in [4.78, 5) is 106. The summed E-state index contributed by atoms with van der Waals surface area (Å²) >= 11 is 6.46. The Balaban J connectivity index is 0.00000103. The molecule has 15 nitrogen and oxygen atoms in total. The van der Waals surface area contributed by atoms with Gasteiger partial charge in [-0.05, 0) is 99.4 Å². The second kappa shape index (κ2) is 34.7. The number of anilines is 2. The molecule has 0 aliphatic rings. The molecule has 3 aromatic rings. The minimum absolute atomic E-state index is 0. The fraction of sp³-hybridized carbons (Fsp3) is 0.491. The largest absolute Gasteiger partial charge is 0.480 e. The summed E-state index contributed by atoms with van der Waals surface area (Å²) in [7, 11) is 0. The molecule has 0 heterocycles. The number of carbonyl (C=O) groups excluding carboxylic acids is 8. The molecule has 71 heavy (non-hydrogen) atoms. The van der Waals surface area contributed by atoms with Crippen molar-refractivity contribution in [1.82, 2.24) is 16.0 Å². The van der Waals surface area contributed by atoms with Crippen molar-refractivity contribution >= 4 is 96.1 Å². The van der Waals surface area contributed by atoms with Gasteiger partial charge in [-0.3, -0.25) is 24.0 Å². The lowest BCUT2D eigenvalue weighted by atomic mass is 9.85. The molecule has 0 aromatic heterocycles. The van der Waals surface area contributed by atoms with Gasteiger partial charge in [0.05, 0.1) is 17.8 Å². The van der Waals surface area contributed by atoms with Crippen LogP contribution in [0.4, 0.5) is 25.4 Å². The average Bonchev–Trinajstić information content (AvgIpc) is 3.27. The van der Waals surface area contributed by atoms with Gasteiger partial charge in [0.1, 0.15) is 29.7 Å². The number of carboxylic acids is 1. The summed E-state index contributed by atoms with van der Waals surface area (Å²) in [6.45, 7) is 16.1. The van der Waals surface area contributed by atoms with Gasteiger partial charge in [0.25, 0.3) is 0 Å². The smallest absolute Gasteiger partial charge is 0.322 e. The van der Waals surface area contributed by atoms with E-state index in [4.69, 9.17) is 5.11 Å². The van der Waals surface area contributed by atoms with E-state index in [1.807, 2.05) is 84.9 Å². The number of Topliss-reactive ketones (excluding diaryl/α,β-unsaturated/α-hetero) is 5. The Morgan fingerprint density at radius 3 is 1.58 bits per heavy atom. The molecule has 3 aromatic carbocycles.